The van der Waals surface area contributed by atoms with Crippen LogP contribution in [0.2, 0.25) is 0 Å². The summed E-state index contributed by atoms with van der Waals surface area (Å²) in [5.41, 5.74) is 4.19. The number of benzene rings is 3. The zero-order valence-electron chi connectivity index (χ0n) is 26.6. The first-order chi connectivity index (χ1) is 21.6. The third-order valence-corrected chi connectivity index (χ3v) is 9.07. The van der Waals surface area contributed by atoms with E-state index in [0.717, 1.165) is 40.2 Å². The molecule has 1 saturated carbocycles. The van der Waals surface area contributed by atoms with Gasteiger partial charge < -0.3 is 19.9 Å². The SMILES string of the molecule is CC(C)(C)c1ccc(C(CCC2CCCCC2)OC(=O)CCC(=O)O)cc1NC(=O)CC1c2ccccc2Oc2ccccc21. The van der Waals surface area contributed by atoms with E-state index in [9.17, 15) is 14.4 Å². The molecule has 1 unspecified atom stereocenters. The summed E-state index contributed by atoms with van der Waals surface area (Å²) in [6, 6.07) is 21.6. The van der Waals surface area contributed by atoms with Gasteiger partial charge >= 0.3 is 11.9 Å². The van der Waals surface area contributed by atoms with Crippen LogP contribution in [0.15, 0.2) is 66.7 Å². The van der Waals surface area contributed by atoms with Crippen LogP contribution in [-0.2, 0) is 24.5 Å². The van der Waals surface area contributed by atoms with Gasteiger partial charge in [-0.25, -0.2) is 0 Å². The fourth-order valence-corrected chi connectivity index (χ4v) is 6.72. The van der Waals surface area contributed by atoms with Gasteiger partial charge in [0.2, 0.25) is 5.91 Å². The molecule has 0 spiro atoms. The van der Waals surface area contributed by atoms with Crippen molar-refractivity contribution < 1.29 is 29.0 Å². The maximum Gasteiger partial charge on any atom is 0.306 e. The van der Waals surface area contributed by atoms with Gasteiger partial charge in [-0.2, -0.15) is 0 Å². The molecule has 2 aliphatic rings. The number of fused-ring (bicyclic) bond motifs is 2. The Morgan fingerprint density at radius 1 is 0.911 bits per heavy atom. The van der Waals surface area contributed by atoms with E-state index in [0.29, 0.717) is 18.0 Å². The molecular formula is C38H45NO6. The number of anilines is 1. The van der Waals surface area contributed by atoms with Crippen LogP contribution in [0, 0.1) is 5.92 Å². The summed E-state index contributed by atoms with van der Waals surface area (Å²) in [5, 5.41) is 12.3. The summed E-state index contributed by atoms with van der Waals surface area (Å²) >= 11 is 0. The maximum atomic E-state index is 13.8. The molecule has 3 aromatic carbocycles. The minimum absolute atomic E-state index is 0.119. The Labute approximate surface area is 266 Å². The first-order valence-electron chi connectivity index (χ1n) is 16.3. The lowest BCUT2D eigenvalue weighted by Crippen LogP contribution is -2.22. The number of carboxylic acid groups (broad SMARTS) is 1. The molecule has 1 amide bonds. The van der Waals surface area contributed by atoms with Crippen molar-refractivity contribution in [1.82, 2.24) is 0 Å². The number of carboxylic acids is 1. The highest BCUT2D eigenvalue weighted by Crippen LogP contribution is 2.45. The van der Waals surface area contributed by atoms with Crippen molar-refractivity contribution in [1.29, 1.82) is 0 Å². The van der Waals surface area contributed by atoms with Crippen LogP contribution in [0.3, 0.4) is 0 Å². The van der Waals surface area contributed by atoms with E-state index < -0.39 is 18.0 Å². The molecule has 0 aromatic heterocycles. The van der Waals surface area contributed by atoms with Crippen LogP contribution in [0.1, 0.15) is 119 Å². The van der Waals surface area contributed by atoms with Crippen molar-refractivity contribution in [3.8, 4) is 11.5 Å². The first kappa shape index (κ1) is 32.3. The van der Waals surface area contributed by atoms with Crippen molar-refractivity contribution in [2.24, 2.45) is 5.92 Å². The highest BCUT2D eigenvalue weighted by atomic mass is 16.5. The molecule has 238 valence electrons. The van der Waals surface area contributed by atoms with E-state index >= 15 is 0 Å². The van der Waals surface area contributed by atoms with Crippen molar-refractivity contribution in [3.05, 3.63) is 89.0 Å². The van der Waals surface area contributed by atoms with Gasteiger partial charge in [0.15, 0.2) is 0 Å². The van der Waals surface area contributed by atoms with Gasteiger partial charge in [0.05, 0.1) is 12.8 Å². The molecule has 7 heteroatoms. The van der Waals surface area contributed by atoms with E-state index in [-0.39, 0.29) is 36.5 Å². The van der Waals surface area contributed by atoms with E-state index in [4.69, 9.17) is 14.6 Å². The van der Waals surface area contributed by atoms with Crippen molar-refractivity contribution >= 4 is 23.5 Å². The Balaban J connectivity index is 1.40. The number of carbonyl (C=O) groups excluding carboxylic acids is 2. The second kappa shape index (κ2) is 14.3. The average molecular weight is 612 g/mol. The summed E-state index contributed by atoms with van der Waals surface area (Å²) < 4.78 is 12.1. The van der Waals surface area contributed by atoms with Crippen molar-refractivity contribution in [2.75, 3.05) is 5.32 Å². The monoisotopic (exact) mass is 611 g/mol. The van der Waals surface area contributed by atoms with Gasteiger partial charge in [-0.3, -0.25) is 14.4 Å². The number of para-hydroxylation sites is 2. The minimum Gasteiger partial charge on any atom is -0.481 e. The average Bonchev–Trinajstić information content (AvgIpc) is 3.02. The van der Waals surface area contributed by atoms with Crippen LogP contribution in [0.5, 0.6) is 11.5 Å². The highest BCUT2D eigenvalue weighted by Gasteiger charge is 2.30. The van der Waals surface area contributed by atoms with Gasteiger partial charge in [0.1, 0.15) is 17.6 Å². The van der Waals surface area contributed by atoms with E-state index in [1.165, 1.54) is 32.1 Å². The van der Waals surface area contributed by atoms with Crippen molar-refractivity contribution in [3.63, 3.8) is 0 Å². The minimum atomic E-state index is -1.03. The first-order valence-corrected chi connectivity index (χ1v) is 16.3. The normalized spacial score (nSPS) is 15.7. The zero-order valence-corrected chi connectivity index (χ0v) is 26.6. The van der Waals surface area contributed by atoms with Gasteiger partial charge in [-0.05, 0) is 53.5 Å². The third kappa shape index (κ3) is 8.33. The number of nitrogens with one attached hydrogen (secondary N) is 1. The number of hydrogen-bond acceptors (Lipinski definition) is 5. The molecule has 1 heterocycles. The van der Waals surface area contributed by atoms with Crippen LogP contribution in [-0.4, -0.2) is 23.0 Å². The predicted molar refractivity (Wildman–Crippen MR) is 175 cm³/mol. The van der Waals surface area contributed by atoms with Crippen molar-refractivity contribution in [2.45, 2.75) is 102 Å². The number of rotatable bonds is 11. The lowest BCUT2D eigenvalue weighted by molar-refractivity contribution is -0.152. The Morgan fingerprint density at radius 3 is 2.18 bits per heavy atom. The number of aliphatic carboxylic acids is 1. The number of carbonyl (C=O) groups is 3. The van der Waals surface area contributed by atoms with Crippen LogP contribution in [0.25, 0.3) is 0 Å². The second-order valence-corrected chi connectivity index (χ2v) is 13.5. The lowest BCUT2D eigenvalue weighted by Gasteiger charge is -2.29. The van der Waals surface area contributed by atoms with Gasteiger partial charge in [-0.15, -0.1) is 0 Å². The fraction of sp³-hybridized carbons (Fsp3) is 0.447. The van der Waals surface area contributed by atoms with Gasteiger partial charge in [-0.1, -0.05) is 101 Å². The van der Waals surface area contributed by atoms with Gasteiger partial charge in [0.25, 0.3) is 0 Å². The van der Waals surface area contributed by atoms with Crippen LogP contribution in [0.4, 0.5) is 5.69 Å². The zero-order chi connectivity index (χ0) is 32.0. The fourth-order valence-electron chi connectivity index (χ4n) is 6.72. The number of hydrogen-bond donors (Lipinski definition) is 2. The molecule has 5 rings (SSSR count). The Hall–Kier alpha value is -4.13. The molecule has 1 aliphatic carbocycles. The highest BCUT2D eigenvalue weighted by molar-refractivity contribution is 5.93. The van der Waals surface area contributed by atoms with E-state index in [2.05, 4.69) is 26.1 Å². The molecular weight excluding hydrogens is 566 g/mol. The van der Waals surface area contributed by atoms with Gasteiger partial charge in [0, 0.05) is 29.2 Å². The van der Waals surface area contributed by atoms with E-state index in [1.807, 2.05) is 66.7 Å². The molecule has 0 saturated heterocycles. The quantitative estimate of drug-likeness (QED) is 0.210. The predicted octanol–water partition coefficient (Wildman–Crippen LogP) is 9.06. The Kier molecular flexibility index (Phi) is 10.3. The summed E-state index contributed by atoms with van der Waals surface area (Å²) in [6.45, 7) is 6.32. The van der Waals surface area contributed by atoms with E-state index in [1.54, 1.807) is 0 Å². The molecule has 1 fully saturated rings. The molecule has 7 nitrogen and oxygen atoms in total. The summed E-state index contributed by atoms with van der Waals surface area (Å²) in [5.74, 6) is 0.289. The summed E-state index contributed by atoms with van der Waals surface area (Å²) in [6.07, 6.45) is 6.95. The number of ether oxygens (including phenoxy) is 2. The number of esters is 1. The molecule has 1 atom stereocenters. The lowest BCUT2D eigenvalue weighted by atomic mass is 9.83. The van der Waals surface area contributed by atoms with Crippen LogP contribution < -0.4 is 10.1 Å². The topological polar surface area (TPSA) is 102 Å². The molecule has 2 N–H and O–H groups in total. The summed E-state index contributed by atoms with van der Waals surface area (Å²) in [4.78, 5) is 37.6. The second-order valence-electron chi connectivity index (χ2n) is 13.5. The largest absolute Gasteiger partial charge is 0.481 e. The number of amides is 1. The molecule has 45 heavy (non-hydrogen) atoms. The molecule has 3 aromatic rings. The summed E-state index contributed by atoms with van der Waals surface area (Å²) in [7, 11) is 0. The maximum absolute atomic E-state index is 13.8. The molecule has 0 radical (unpaired) electrons. The third-order valence-electron chi connectivity index (χ3n) is 9.07. The smallest absolute Gasteiger partial charge is 0.306 e. The molecule has 0 bridgehead atoms. The Bertz CT molecular complexity index is 1470. The standard InChI is InChI=1S/C38H45NO6/c1-38(2,3)30-19-18-26(32(45-37(43)22-21-36(41)42)20-17-25-11-5-4-6-12-25)23-31(30)39-35(40)24-29-27-13-7-9-15-33(27)44-34-16-10-8-14-28(29)34/h7-10,13-16,18-19,23,25,29,32H,4-6,11-12,17,20-22,24H2,1-3H3,(H,39,40)(H,41,42). The molecule has 1 aliphatic heterocycles. The van der Waals surface area contributed by atoms with Crippen LogP contribution >= 0.6 is 0 Å². The Morgan fingerprint density at radius 2 is 1.56 bits per heavy atom.